The summed E-state index contributed by atoms with van der Waals surface area (Å²) in [5.41, 5.74) is 3.65. The van der Waals surface area contributed by atoms with Crippen LogP contribution in [0.1, 0.15) is 41.5 Å². The Balaban J connectivity index is 1.37. The minimum atomic E-state index is -3.53. The van der Waals surface area contributed by atoms with Gasteiger partial charge in [-0.1, -0.05) is 35.9 Å². The Labute approximate surface area is 197 Å². The SMILES string of the molecule is Cc1cc(C)c(S(=O)(=O)N2CCC3(CCN(C(=O)COc4ccccc4C)CC3)C2)c(C)c1. The third-order valence-corrected chi connectivity index (χ3v) is 9.38. The van der Waals surface area contributed by atoms with Crippen molar-refractivity contribution in [2.45, 2.75) is 51.9 Å². The fourth-order valence-corrected chi connectivity index (χ4v) is 7.36. The zero-order chi connectivity index (χ0) is 23.8. The maximum atomic E-state index is 13.5. The van der Waals surface area contributed by atoms with Crippen LogP contribution < -0.4 is 4.74 Å². The van der Waals surface area contributed by atoms with Gasteiger partial charge in [-0.15, -0.1) is 0 Å². The summed E-state index contributed by atoms with van der Waals surface area (Å²) in [6, 6.07) is 11.6. The van der Waals surface area contributed by atoms with Crippen molar-refractivity contribution in [3.05, 3.63) is 58.7 Å². The quantitative estimate of drug-likeness (QED) is 0.662. The molecular weight excluding hydrogens is 436 g/mol. The second kappa shape index (κ2) is 9.11. The van der Waals surface area contributed by atoms with Crippen molar-refractivity contribution in [3.63, 3.8) is 0 Å². The molecule has 0 bridgehead atoms. The molecular formula is C26H34N2O4S. The van der Waals surface area contributed by atoms with Gasteiger partial charge in [0.15, 0.2) is 6.61 Å². The first-order chi connectivity index (χ1) is 15.6. The third kappa shape index (κ3) is 4.80. The number of hydrogen-bond donors (Lipinski definition) is 0. The van der Waals surface area contributed by atoms with E-state index in [1.807, 2.05) is 69.0 Å². The Morgan fingerprint density at radius 3 is 2.18 bits per heavy atom. The van der Waals surface area contributed by atoms with E-state index in [2.05, 4.69) is 0 Å². The summed E-state index contributed by atoms with van der Waals surface area (Å²) in [6.07, 6.45) is 2.49. The van der Waals surface area contributed by atoms with Gasteiger partial charge in [-0.3, -0.25) is 4.79 Å². The Morgan fingerprint density at radius 2 is 1.55 bits per heavy atom. The van der Waals surface area contributed by atoms with Crippen molar-refractivity contribution >= 4 is 15.9 Å². The van der Waals surface area contributed by atoms with Crippen molar-refractivity contribution in [2.75, 3.05) is 32.8 Å². The van der Waals surface area contributed by atoms with Gasteiger partial charge in [-0.25, -0.2) is 8.42 Å². The lowest BCUT2D eigenvalue weighted by Gasteiger charge is -2.39. The van der Waals surface area contributed by atoms with E-state index in [1.165, 1.54) is 0 Å². The molecule has 6 nitrogen and oxygen atoms in total. The predicted octanol–water partition coefficient (Wildman–Crippen LogP) is 4.00. The molecule has 2 aliphatic heterocycles. The minimum absolute atomic E-state index is 0.0125. The summed E-state index contributed by atoms with van der Waals surface area (Å²) in [4.78, 5) is 15.0. The molecule has 178 valence electrons. The molecule has 7 heteroatoms. The first-order valence-corrected chi connectivity index (χ1v) is 13.1. The van der Waals surface area contributed by atoms with Crippen molar-refractivity contribution in [1.82, 2.24) is 9.21 Å². The number of ether oxygens (including phenoxy) is 1. The number of rotatable bonds is 5. The number of sulfonamides is 1. The van der Waals surface area contributed by atoms with E-state index in [0.29, 0.717) is 31.1 Å². The zero-order valence-corrected chi connectivity index (χ0v) is 20.9. The number of carbonyl (C=O) groups excluding carboxylic acids is 1. The monoisotopic (exact) mass is 470 g/mol. The summed E-state index contributed by atoms with van der Waals surface area (Å²) < 4.78 is 34.4. The third-order valence-electron chi connectivity index (χ3n) is 7.23. The molecule has 4 rings (SSSR count). The second-order valence-corrected chi connectivity index (χ2v) is 11.6. The number of para-hydroxylation sites is 1. The van der Waals surface area contributed by atoms with E-state index in [-0.39, 0.29) is 17.9 Å². The molecule has 0 aliphatic carbocycles. The lowest BCUT2D eigenvalue weighted by atomic mass is 9.78. The fraction of sp³-hybridized carbons (Fsp3) is 0.500. The molecule has 2 aliphatic rings. The summed E-state index contributed by atoms with van der Waals surface area (Å²) in [7, 11) is -3.53. The first-order valence-electron chi connectivity index (χ1n) is 11.7. The van der Waals surface area contributed by atoms with Crippen LogP contribution in [0.3, 0.4) is 0 Å². The highest BCUT2D eigenvalue weighted by molar-refractivity contribution is 7.89. The average molecular weight is 471 g/mol. The largest absolute Gasteiger partial charge is 0.484 e. The lowest BCUT2D eigenvalue weighted by molar-refractivity contribution is -0.135. The molecule has 0 unspecified atom stereocenters. The van der Waals surface area contributed by atoms with Gasteiger partial charge in [0.2, 0.25) is 10.0 Å². The summed E-state index contributed by atoms with van der Waals surface area (Å²) in [6.45, 7) is 10.1. The highest BCUT2D eigenvalue weighted by atomic mass is 32.2. The number of aryl methyl sites for hydroxylation is 4. The standard InChI is InChI=1S/C26H34N2O4S/c1-19-15-21(3)25(22(4)16-19)33(30,31)28-14-11-26(18-28)9-12-27(13-10-26)24(29)17-32-23-8-6-5-7-20(23)2/h5-8,15-16H,9-14,17-18H2,1-4H3. The van der Waals surface area contributed by atoms with Crippen molar-refractivity contribution in [2.24, 2.45) is 5.41 Å². The van der Waals surface area contributed by atoms with Crippen LogP contribution in [0.4, 0.5) is 0 Å². The van der Waals surface area contributed by atoms with Crippen molar-refractivity contribution in [3.8, 4) is 5.75 Å². The summed E-state index contributed by atoms with van der Waals surface area (Å²) >= 11 is 0. The Morgan fingerprint density at radius 1 is 0.939 bits per heavy atom. The van der Waals surface area contributed by atoms with Crippen LogP contribution in [0, 0.1) is 33.1 Å². The van der Waals surface area contributed by atoms with Crippen LogP contribution in [0.5, 0.6) is 5.75 Å². The van der Waals surface area contributed by atoms with Crippen LogP contribution in [-0.2, 0) is 14.8 Å². The predicted molar refractivity (Wildman–Crippen MR) is 129 cm³/mol. The van der Waals surface area contributed by atoms with Gasteiger partial charge in [0.25, 0.3) is 5.91 Å². The maximum absolute atomic E-state index is 13.5. The molecule has 0 radical (unpaired) electrons. The smallest absolute Gasteiger partial charge is 0.260 e. The van der Waals surface area contributed by atoms with Crippen LogP contribution in [0.25, 0.3) is 0 Å². The van der Waals surface area contributed by atoms with Crippen molar-refractivity contribution in [1.29, 1.82) is 0 Å². The van der Waals surface area contributed by atoms with E-state index in [1.54, 1.807) is 4.31 Å². The molecule has 1 amide bonds. The first kappa shape index (κ1) is 23.8. The Kier molecular flexibility index (Phi) is 6.56. The number of nitrogens with zero attached hydrogens (tertiary/aromatic N) is 2. The molecule has 0 atom stereocenters. The molecule has 2 heterocycles. The number of benzene rings is 2. The van der Waals surface area contributed by atoms with Gasteiger partial charge in [0.05, 0.1) is 4.90 Å². The van der Waals surface area contributed by atoms with Gasteiger partial charge in [-0.2, -0.15) is 4.31 Å². The van der Waals surface area contributed by atoms with Crippen LogP contribution in [-0.4, -0.2) is 56.3 Å². The van der Waals surface area contributed by atoms with Gasteiger partial charge >= 0.3 is 0 Å². The molecule has 33 heavy (non-hydrogen) atoms. The molecule has 2 fully saturated rings. The van der Waals surface area contributed by atoms with Crippen molar-refractivity contribution < 1.29 is 17.9 Å². The van der Waals surface area contributed by atoms with Crippen LogP contribution >= 0.6 is 0 Å². The van der Waals surface area contributed by atoms with E-state index in [0.717, 1.165) is 47.3 Å². The number of amides is 1. The van der Waals surface area contributed by atoms with E-state index >= 15 is 0 Å². The van der Waals surface area contributed by atoms with Crippen LogP contribution in [0.2, 0.25) is 0 Å². The fourth-order valence-electron chi connectivity index (χ4n) is 5.39. The lowest BCUT2D eigenvalue weighted by Crippen LogP contribution is -2.46. The molecule has 2 aromatic rings. The highest BCUT2D eigenvalue weighted by Gasteiger charge is 2.45. The van der Waals surface area contributed by atoms with Gasteiger partial charge in [0, 0.05) is 26.2 Å². The molecule has 1 spiro atoms. The number of piperidine rings is 1. The number of hydrogen-bond acceptors (Lipinski definition) is 4. The zero-order valence-electron chi connectivity index (χ0n) is 20.1. The van der Waals surface area contributed by atoms with E-state index < -0.39 is 10.0 Å². The van der Waals surface area contributed by atoms with E-state index in [9.17, 15) is 13.2 Å². The minimum Gasteiger partial charge on any atom is -0.484 e. The highest BCUT2D eigenvalue weighted by Crippen LogP contribution is 2.42. The molecule has 2 saturated heterocycles. The molecule has 0 saturated carbocycles. The number of carbonyl (C=O) groups is 1. The molecule has 0 aromatic heterocycles. The van der Waals surface area contributed by atoms with Crippen LogP contribution in [0.15, 0.2) is 41.3 Å². The summed E-state index contributed by atoms with van der Waals surface area (Å²) in [5.74, 6) is 0.721. The van der Waals surface area contributed by atoms with Gasteiger partial charge in [0.1, 0.15) is 5.75 Å². The molecule has 2 aromatic carbocycles. The number of likely N-dealkylation sites (tertiary alicyclic amines) is 1. The topological polar surface area (TPSA) is 66.9 Å². The van der Waals surface area contributed by atoms with Gasteiger partial charge in [-0.05, 0) is 75.1 Å². The Hall–Kier alpha value is -2.38. The maximum Gasteiger partial charge on any atom is 0.260 e. The second-order valence-electron chi connectivity index (χ2n) is 9.75. The van der Waals surface area contributed by atoms with Gasteiger partial charge < -0.3 is 9.64 Å². The average Bonchev–Trinajstić information content (AvgIpc) is 3.17. The Bertz CT molecular complexity index is 1130. The summed E-state index contributed by atoms with van der Waals surface area (Å²) in [5, 5.41) is 0. The molecule has 0 N–H and O–H groups in total. The van der Waals surface area contributed by atoms with E-state index in [4.69, 9.17) is 4.74 Å². The normalized spacial score (nSPS) is 18.6.